The van der Waals surface area contributed by atoms with Crippen LogP contribution >= 0.6 is 23.1 Å². The van der Waals surface area contributed by atoms with Crippen molar-refractivity contribution in [2.75, 3.05) is 28.2 Å². The maximum absolute atomic E-state index is 15.0. The monoisotopic (exact) mass is 1170 g/mol. The van der Waals surface area contributed by atoms with E-state index >= 15 is 9.59 Å². The molecule has 8 atom stereocenters. The minimum Gasteiger partial charge on any atom is -0.451 e. The van der Waals surface area contributed by atoms with Crippen molar-refractivity contribution in [1.82, 2.24) is 28.3 Å². The van der Waals surface area contributed by atoms with E-state index in [0.29, 0.717) is 24.0 Å². The average Bonchev–Trinajstić information content (AvgIpc) is 4.20. The van der Waals surface area contributed by atoms with E-state index in [4.69, 9.17) is 18.9 Å². The molecule has 18 nitrogen and oxygen atoms in total. The number of ether oxygens (including phenoxy) is 4. The van der Waals surface area contributed by atoms with Crippen LogP contribution in [-0.2, 0) is 83.0 Å². The SMILES string of the molecule is Cc1cnsc1Cc1ccc(C[C@H]2OC(=O)[C@H](CC(C)C)N(C)C(=O)[C@@H](C)OC(=O)[C@H](CC(C)C)N(C)C(=O)[C@@H](Cc3ccc(Cc4sncc4C)cc3)OC(=O)[C@H](CC(C)C)N(C)C(=O)[C@@H](C)OC(=O)[C@H](CC(C)C)N(C)C2=O)cc1. The van der Waals surface area contributed by atoms with Crippen molar-refractivity contribution in [3.05, 3.63) is 104 Å². The maximum Gasteiger partial charge on any atom is 0.329 e. The molecule has 1 aliphatic heterocycles. The van der Waals surface area contributed by atoms with Gasteiger partial charge in [-0.1, -0.05) is 104 Å². The Balaban J connectivity index is 1.59. The van der Waals surface area contributed by atoms with Gasteiger partial charge >= 0.3 is 23.9 Å². The largest absolute Gasteiger partial charge is 0.451 e. The quantitative estimate of drug-likeness (QED) is 0.0762. The Bertz CT molecular complexity index is 2620. The molecule has 2 aromatic heterocycles. The number of cyclic esters (lactones) is 4. The van der Waals surface area contributed by atoms with Crippen LogP contribution in [0.15, 0.2) is 60.9 Å². The normalized spacial score (nSPS) is 23.0. The number of rotatable bonds is 16. The van der Waals surface area contributed by atoms with Gasteiger partial charge in [0, 0.05) is 76.0 Å². The van der Waals surface area contributed by atoms with Crippen molar-refractivity contribution in [1.29, 1.82) is 0 Å². The summed E-state index contributed by atoms with van der Waals surface area (Å²) in [6.07, 6.45) is -0.956. The fourth-order valence-electron chi connectivity index (χ4n) is 9.84. The molecule has 2 aromatic carbocycles. The molecule has 1 fully saturated rings. The number of aromatic nitrogens is 2. The highest BCUT2D eigenvalue weighted by Crippen LogP contribution is 2.26. The molecule has 0 spiro atoms. The summed E-state index contributed by atoms with van der Waals surface area (Å²) in [5.41, 5.74) is 5.41. The summed E-state index contributed by atoms with van der Waals surface area (Å²) in [6, 6.07) is 9.93. The predicted molar refractivity (Wildman–Crippen MR) is 315 cm³/mol. The lowest BCUT2D eigenvalue weighted by Gasteiger charge is -2.35. The zero-order valence-corrected chi connectivity index (χ0v) is 52.4. The molecule has 448 valence electrons. The van der Waals surface area contributed by atoms with E-state index in [1.807, 2.05) is 130 Å². The van der Waals surface area contributed by atoms with Gasteiger partial charge in [0.2, 0.25) is 0 Å². The molecule has 0 N–H and O–H groups in total. The Labute approximate surface area is 492 Å². The van der Waals surface area contributed by atoms with E-state index in [-0.39, 0.29) is 62.2 Å². The Hall–Kier alpha value is -6.54. The molecular weight excluding hydrogens is 1080 g/mol. The van der Waals surface area contributed by atoms with Crippen LogP contribution in [0, 0.1) is 37.5 Å². The fraction of sp³-hybridized carbons (Fsp3) is 0.581. The first-order valence-electron chi connectivity index (χ1n) is 28.4. The summed E-state index contributed by atoms with van der Waals surface area (Å²) >= 11 is 2.83. The Morgan fingerprint density at radius 2 is 0.671 bits per heavy atom. The van der Waals surface area contributed by atoms with Crippen LogP contribution in [-0.4, -0.2) is 153 Å². The van der Waals surface area contributed by atoms with Gasteiger partial charge in [-0.25, -0.2) is 27.9 Å². The number of esters is 4. The zero-order chi connectivity index (χ0) is 60.9. The molecule has 0 unspecified atom stereocenters. The van der Waals surface area contributed by atoms with Gasteiger partial charge in [0.05, 0.1) is 0 Å². The van der Waals surface area contributed by atoms with Gasteiger partial charge in [-0.2, -0.15) is 0 Å². The van der Waals surface area contributed by atoms with E-state index in [9.17, 15) is 28.8 Å². The first-order valence-corrected chi connectivity index (χ1v) is 30.0. The van der Waals surface area contributed by atoms with Crippen LogP contribution in [0.2, 0.25) is 0 Å². The number of benzene rings is 2. The van der Waals surface area contributed by atoms with Crippen LogP contribution < -0.4 is 0 Å². The molecular formula is C62H86N6O12S2. The number of nitrogens with zero attached hydrogens (tertiary/aromatic N) is 6. The summed E-state index contributed by atoms with van der Waals surface area (Å²) in [4.78, 5) is 124. The van der Waals surface area contributed by atoms with Crippen LogP contribution in [0.4, 0.5) is 0 Å². The number of aryl methyl sites for hydroxylation is 2. The molecule has 0 radical (unpaired) electrons. The highest BCUT2D eigenvalue weighted by molar-refractivity contribution is 7.06. The van der Waals surface area contributed by atoms with Gasteiger partial charge in [0.25, 0.3) is 23.6 Å². The third kappa shape index (κ3) is 18.2. The Kier molecular flexibility index (Phi) is 24.4. The first-order chi connectivity index (χ1) is 38.6. The van der Waals surface area contributed by atoms with Crippen molar-refractivity contribution in [2.24, 2.45) is 23.7 Å². The van der Waals surface area contributed by atoms with Gasteiger partial charge < -0.3 is 38.5 Å². The molecule has 1 aliphatic rings. The summed E-state index contributed by atoms with van der Waals surface area (Å²) in [7, 11) is 5.61. The number of likely N-dealkylation sites (N-methyl/N-ethyl adjacent to an activating group) is 4. The number of carbonyl (C=O) groups is 8. The topological polar surface area (TPSA) is 212 Å². The highest BCUT2D eigenvalue weighted by Gasteiger charge is 2.43. The highest BCUT2D eigenvalue weighted by atomic mass is 32.1. The molecule has 0 saturated carbocycles. The van der Waals surface area contributed by atoms with Crippen molar-refractivity contribution in [3.8, 4) is 0 Å². The fourth-order valence-corrected chi connectivity index (χ4v) is 11.4. The lowest BCUT2D eigenvalue weighted by atomic mass is 9.99. The second-order valence-electron chi connectivity index (χ2n) is 23.6. The number of hydrogen-bond donors (Lipinski definition) is 0. The second kappa shape index (κ2) is 30.1. The molecule has 20 heteroatoms. The molecule has 1 saturated heterocycles. The van der Waals surface area contributed by atoms with Gasteiger partial charge in [-0.15, -0.1) is 0 Å². The van der Waals surface area contributed by atoms with Crippen molar-refractivity contribution >= 4 is 70.6 Å². The van der Waals surface area contributed by atoms with Crippen LogP contribution in [0.25, 0.3) is 0 Å². The summed E-state index contributed by atoms with van der Waals surface area (Å²) in [5.74, 6) is -7.33. The smallest absolute Gasteiger partial charge is 0.329 e. The van der Waals surface area contributed by atoms with E-state index in [0.717, 1.165) is 41.8 Å². The third-order valence-corrected chi connectivity index (χ3v) is 16.6. The van der Waals surface area contributed by atoms with E-state index in [1.165, 1.54) is 74.9 Å². The number of hydrogen-bond acceptors (Lipinski definition) is 16. The van der Waals surface area contributed by atoms with Gasteiger partial charge in [-0.05, 0) is 133 Å². The molecule has 5 rings (SSSR count). The standard InChI is InChI=1S/C62H86N6O12S2/c1-35(2)25-47-59(73)77-41(11)55(69)65(13)50(28-38(7)8)62(76)80-52(30-44-19-23-46(24-20-44)32-54-40(10)34-64-82-54)58(72)68(16)48(26-36(3)4)60(74)78-42(12)56(70)66(14)49(27-37(5)6)61(75)79-51(57(71)67(47)15)29-43-17-21-45(22-18-43)31-53-39(9)33-63-81-53/h17-24,33-38,41-42,47-52H,25-32H2,1-16H3/t41-,42-,47+,48+,49+,50+,51-,52-/m1/s1. The van der Waals surface area contributed by atoms with Gasteiger partial charge in [0.1, 0.15) is 24.2 Å². The van der Waals surface area contributed by atoms with Crippen molar-refractivity contribution < 1.29 is 57.3 Å². The molecule has 4 aromatic rings. The van der Waals surface area contributed by atoms with E-state index in [2.05, 4.69) is 8.75 Å². The maximum atomic E-state index is 15.0. The second-order valence-corrected chi connectivity index (χ2v) is 25.4. The Morgan fingerprint density at radius 3 is 0.927 bits per heavy atom. The number of carbonyl (C=O) groups excluding carboxylic acids is 8. The number of amides is 4. The lowest BCUT2D eigenvalue weighted by Crippen LogP contribution is -2.55. The van der Waals surface area contributed by atoms with Crippen LogP contribution in [0.5, 0.6) is 0 Å². The van der Waals surface area contributed by atoms with Crippen molar-refractivity contribution in [3.63, 3.8) is 0 Å². The van der Waals surface area contributed by atoms with E-state index < -0.39 is 96.1 Å². The molecule has 0 bridgehead atoms. The summed E-state index contributed by atoms with van der Waals surface area (Å²) < 4.78 is 32.9. The minimum atomic E-state index is -1.52. The van der Waals surface area contributed by atoms with Crippen LogP contribution in [0.1, 0.15) is 138 Å². The summed E-state index contributed by atoms with van der Waals surface area (Å²) in [6.45, 7) is 21.6. The Morgan fingerprint density at radius 1 is 0.415 bits per heavy atom. The van der Waals surface area contributed by atoms with E-state index in [1.54, 1.807) is 0 Å². The summed E-state index contributed by atoms with van der Waals surface area (Å²) in [5, 5.41) is 0. The van der Waals surface area contributed by atoms with Gasteiger partial charge in [0.15, 0.2) is 24.4 Å². The molecule has 4 amide bonds. The lowest BCUT2D eigenvalue weighted by molar-refractivity contribution is -0.176. The molecule has 82 heavy (non-hydrogen) atoms. The average molecular weight is 1170 g/mol. The molecule has 0 aliphatic carbocycles. The van der Waals surface area contributed by atoms with Gasteiger partial charge in [-0.3, -0.25) is 19.2 Å². The minimum absolute atomic E-state index is 0.0900. The first kappa shape index (κ1) is 66.3. The zero-order valence-electron chi connectivity index (χ0n) is 50.8. The van der Waals surface area contributed by atoms with Crippen molar-refractivity contribution in [2.45, 2.75) is 183 Å². The third-order valence-electron chi connectivity index (χ3n) is 14.8. The predicted octanol–water partition coefficient (Wildman–Crippen LogP) is 8.38. The molecule has 3 heterocycles. The van der Waals surface area contributed by atoms with Crippen LogP contribution in [0.3, 0.4) is 0 Å².